The van der Waals surface area contributed by atoms with Crippen molar-refractivity contribution < 1.29 is 0 Å². The average Bonchev–Trinajstić information content (AvgIpc) is 2.47. The zero-order chi connectivity index (χ0) is 8.93. The lowest BCUT2D eigenvalue weighted by molar-refractivity contribution is 0.393. The maximum Gasteiger partial charge on any atom is -0.0203 e. The molecule has 0 radical (unpaired) electrons. The smallest absolute Gasteiger partial charge is 0.0203 e. The van der Waals surface area contributed by atoms with Gasteiger partial charge in [0.05, 0.1) is 0 Å². The molecule has 0 amide bonds. The van der Waals surface area contributed by atoms with Crippen molar-refractivity contribution in [2.24, 2.45) is 5.92 Å². The van der Waals surface area contributed by atoms with Crippen molar-refractivity contribution in [3.8, 4) is 0 Å². The Morgan fingerprint density at radius 1 is 0.846 bits per heavy atom. The number of rotatable bonds is 1. The molecule has 13 heavy (non-hydrogen) atoms. The van der Waals surface area contributed by atoms with E-state index in [9.17, 15) is 0 Å². The summed E-state index contributed by atoms with van der Waals surface area (Å²) in [5.74, 6) is 0.992. The van der Waals surface area contributed by atoms with E-state index in [1.54, 1.807) is 0 Å². The van der Waals surface area contributed by atoms with E-state index < -0.39 is 0 Å². The van der Waals surface area contributed by atoms with Crippen molar-refractivity contribution in [1.82, 2.24) is 0 Å². The molecule has 1 fully saturated rings. The maximum atomic E-state index is 2.57. The molecule has 74 valence electrons. The third kappa shape index (κ3) is 2.59. The predicted octanol–water partition coefficient (Wildman–Crippen LogP) is 4.46. The van der Waals surface area contributed by atoms with Crippen LogP contribution in [0.15, 0.2) is 11.6 Å². The fourth-order valence-electron chi connectivity index (χ4n) is 2.88. The molecule has 0 atom stereocenters. The topological polar surface area (TPSA) is 0 Å². The Kier molecular flexibility index (Phi) is 3.46. The monoisotopic (exact) mass is 178 g/mol. The molecule has 0 bridgehead atoms. The van der Waals surface area contributed by atoms with Crippen LogP contribution in [-0.2, 0) is 0 Å². The summed E-state index contributed by atoms with van der Waals surface area (Å²) < 4.78 is 0. The Labute approximate surface area is 82.4 Å². The van der Waals surface area contributed by atoms with Gasteiger partial charge in [0.15, 0.2) is 0 Å². The molecule has 0 heterocycles. The van der Waals surface area contributed by atoms with Crippen LogP contribution in [-0.4, -0.2) is 0 Å². The second-order valence-corrected chi connectivity index (χ2v) is 4.71. The van der Waals surface area contributed by atoms with Gasteiger partial charge in [-0.1, -0.05) is 37.3 Å². The van der Waals surface area contributed by atoms with Gasteiger partial charge in [-0.25, -0.2) is 0 Å². The van der Waals surface area contributed by atoms with Crippen LogP contribution in [0, 0.1) is 5.92 Å². The van der Waals surface area contributed by atoms with Gasteiger partial charge < -0.3 is 0 Å². The van der Waals surface area contributed by atoms with Crippen molar-refractivity contribution in [3.63, 3.8) is 0 Å². The van der Waals surface area contributed by atoms with Gasteiger partial charge in [-0.3, -0.25) is 0 Å². The molecular weight excluding hydrogens is 156 g/mol. The summed E-state index contributed by atoms with van der Waals surface area (Å²) in [7, 11) is 0. The molecule has 0 aromatic carbocycles. The van der Waals surface area contributed by atoms with Gasteiger partial charge in [-0.15, -0.1) is 0 Å². The summed E-state index contributed by atoms with van der Waals surface area (Å²) in [5, 5.41) is 0. The Hall–Kier alpha value is -0.260. The maximum absolute atomic E-state index is 2.57. The Morgan fingerprint density at radius 2 is 1.62 bits per heavy atom. The highest BCUT2D eigenvalue weighted by Gasteiger charge is 2.17. The third-order valence-electron chi connectivity index (χ3n) is 3.71. The highest BCUT2D eigenvalue weighted by Crippen LogP contribution is 2.33. The lowest BCUT2D eigenvalue weighted by Crippen LogP contribution is -2.08. The van der Waals surface area contributed by atoms with Gasteiger partial charge in [0.25, 0.3) is 0 Å². The minimum Gasteiger partial charge on any atom is -0.0851 e. The summed E-state index contributed by atoms with van der Waals surface area (Å²) in [6.07, 6.45) is 17.2. The van der Waals surface area contributed by atoms with Crippen LogP contribution >= 0.6 is 0 Å². The van der Waals surface area contributed by atoms with E-state index in [4.69, 9.17) is 0 Å². The minimum atomic E-state index is 0.992. The lowest BCUT2D eigenvalue weighted by atomic mass is 9.82. The van der Waals surface area contributed by atoms with Crippen LogP contribution < -0.4 is 0 Å². The molecule has 0 aromatic heterocycles. The fraction of sp³-hybridized carbons (Fsp3) is 0.846. The van der Waals surface area contributed by atoms with Crippen LogP contribution in [0.25, 0.3) is 0 Å². The Balaban J connectivity index is 1.92. The molecule has 0 N–H and O–H groups in total. The third-order valence-corrected chi connectivity index (χ3v) is 3.71. The second-order valence-electron chi connectivity index (χ2n) is 4.71. The molecule has 0 nitrogen and oxygen atoms in total. The molecule has 2 aliphatic carbocycles. The summed E-state index contributed by atoms with van der Waals surface area (Å²) in [6.45, 7) is 0. The lowest BCUT2D eigenvalue weighted by Gasteiger charge is -2.24. The van der Waals surface area contributed by atoms with Crippen LogP contribution in [0.3, 0.4) is 0 Å². The van der Waals surface area contributed by atoms with Crippen molar-refractivity contribution in [2.75, 3.05) is 0 Å². The van der Waals surface area contributed by atoms with Crippen LogP contribution in [0.2, 0.25) is 0 Å². The first-order valence-corrected chi connectivity index (χ1v) is 6.16. The van der Waals surface area contributed by atoms with E-state index in [2.05, 4.69) is 6.08 Å². The molecule has 0 aliphatic heterocycles. The standard InChI is InChI=1S/C13H22/c1-2-5-9-12(8-4-1)13-10-6-3-7-11-13/h8,13H,1-7,9-11H2. The quantitative estimate of drug-likeness (QED) is 0.520. The van der Waals surface area contributed by atoms with E-state index in [1.807, 2.05) is 5.57 Å². The van der Waals surface area contributed by atoms with Crippen LogP contribution in [0.5, 0.6) is 0 Å². The highest BCUT2D eigenvalue weighted by atomic mass is 14.2. The number of hydrogen-bond donors (Lipinski definition) is 0. The molecule has 2 aliphatic rings. The first kappa shape index (κ1) is 9.30. The molecule has 0 saturated heterocycles. The van der Waals surface area contributed by atoms with Crippen molar-refractivity contribution >= 4 is 0 Å². The molecular formula is C13H22. The Morgan fingerprint density at radius 3 is 2.46 bits per heavy atom. The van der Waals surface area contributed by atoms with Crippen LogP contribution in [0.4, 0.5) is 0 Å². The molecule has 0 unspecified atom stereocenters. The van der Waals surface area contributed by atoms with Gasteiger partial charge in [0.1, 0.15) is 0 Å². The zero-order valence-electron chi connectivity index (χ0n) is 8.73. The molecule has 0 heteroatoms. The predicted molar refractivity (Wildman–Crippen MR) is 57.7 cm³/mol. The van der Waals surface area contributed by atoms with Crippen molar-refractivity contribution in [3.05, 3.63) is 11.6 Å². The van der Waals surface area contributed by atoms with E-state index in [0.717, 1.165) is 5.92 Å². The first-order chi connectivity index (χ1) is 6.47. The number of hydrogen-bond acceptors (Lipinski definition) is 0. The fourth-order valence-corrected chi connectivity index (χ4v) is 2.88. The SMILES string of the molecule is C1=C(C2CCCCC2)CCCCC1. The van der Waals surface area contributed by atoms with E-state index >= 15 is 0 Å². The van der Waals surface area contributed by atoms with E-state index in [0.29, 0.717) is 0 Å². The van der Waals surface area contributed by atoms with Gasteiger partial charge in [0.2, 0.25) is 0 Å². The molecule has 0 aromatic rings. The summed E-state index contributed by atoms with van der Waals surface area (Å²) >= 11 is 0. The summed E-state index contributed by atoms with van der Waals surface area (Å²) in [5.41, 5.74) is 1.83. The average molecular weight is 178 g/mol. The largest absolute Gasteiger partial charge is 0.0851 e. The normalized spacial score (nSPS) is 26.6. The van der Waals surface area contributed by atoms with Gasteiger partial charge >= 0.3 is 0 Å². The van der Waals surface area contributed by atoms with E-state index in [1.165, 1.54) is 64.2 Å². The highest BCUT2D eigenvalue weighted by molar-refractivity contribution is 5.08. The van der Waals surface area contributed by atoms with Gasteiger partial charge in [-0.05, 0) is 44.4 Å². The van der Waals surface area contributed by atoms with E-state index in [-0.39, 0.29) is 0 Å². The molecule has 1 saturated carbocycles. The summed E-state index contributed by atoms with van der Waals surface area (Å²) in [4.78, 5) is 0. The van der Waals surface area contributed by atoms with Gasteiger partial charge in [-0.2, -0.15) is 0 Å². The number of allylic oxidation sites excluding steroid dienone is 2. The zero-order valence-corrected chi connectivity index (χ0v) is 8.73. The molecule has 2 rings (SSSR count). The van der Waals surface area contributed by atoms with Crippen LogP contribution in [0.1, 0.15) is 64.2 Å². The second kappa shape index (κ2) is 4.83. The first-order valence-electron chi connectivity index (χ1n) is 6.16. The van der Waals surface area contributed by atoms with Gasteiger partial charge in [0, 0.05) is 0 Å². The summed E-state index contributed by atoms with van der Waals surface area (Å²) in [6, 6.07) is 0. The minimum absolute atomic E-state index is 0.992. The van der Waals surface area contributed by atoms with Crippen molar-refractivity contribution in [2.45, 2.75) is 64.2 Å². The Bertz CT molecular complexity index is 172. The van der Waals surface area contributed by atoms with Crippen molar-refractivity contribution in [1.29, 1.82) is 0 Å². The molecule has 0 spiro atoms.